The largest absolute Gasteiger partial charge is 0.394 e. The standard InChI is InChI=1S/C69H119NO18/c1-3-5-7-9-11-12-13-14-15-16-17-18-19-20-21-22-23-24-25-26-27-28-29-30-31-32-33-34-35-36-37-38-39-40-41-43-45-47-57(75)70-52(53(74)46-44-42-10-8-6-4-2)51-83-67-63(81)60(78)65(55(49-72)85-67)88-69-64(82)61(79)66(56(50-73)86-69)87-68-62(80)59(77)58(76)54(48-71)84-68/h5,7,11-12,14-15,17-18,20-21,23-24,26-27,52-56,58-69,71-74,76-82H,3-4,6,8-10,13,16,19,22,25,28-51H2,1-2H3,(H,70,75)/b7-5-,12-11-,15-14-,18-17-,21-20-,24-23-,27-26-. The molecule has 0 aliphatic carbocycles. The highest BCUT2D eigenvalue weighted by atomic mass is 16.8. The van der Waals surface area contributed by atoms with Crippen LogP contribution in [0.4, 0.5) is 0 Å². The first-order valence-corrected chi connectivity index (χ1v) is 33.8. The number of aliphatic hydroxyl groups excluding tert-OH is 11. The van der Waals surface area contributed by atoms with Crippen LogP contribution in [-0.2, 0) is 33.2 Å². The number of aliphatic hydroxyl groups is 11. The zero-order valence-electron chi connectivity index (χ0n) is 53.4. The molecule has 3 saturated heterocycles. The highest BCUT2D eigenvalue weighted by Gasteiger charge is 2.53. The third-order valence-electron chi connectivity index (χ3n) is 16.5. The lowest BCUT2D eigenvalue weighted by atomic mass is 9.96. The summed E-state index contributed by atoms with van der Waals surface area (Å²) in [5.74, 6) is -0.252. The summed E-state index contributed by atoms with van der Waals surface area (Å²) in [4.78, 5) is 13.3. The van der Waals surface area contributed by atoms with E-state index in [1.54, 1.807) is 0 Å². The van der Waals surface area contributed by atoms with Gasteiger partial charge in [0, 0.05) is 6.42 Å². The summed E-state index contributed by atoms with van der Waals surface area (Å²) < 4.78 is 34.2. The van der Waals surface area contributed by atoms with Crippen molar-refractivity contribution in [2.45, 2.75) is 317 Å². The fraction of sp³-hybridized carbons (Fsp3) is 0.783. The van der Waals surface area contributed by atoms with E-state index >= 15 is 0 Å². The highest BCUT2D eigenvalue weighted by molar-refractivity contribution is 5.76. The van der Waals surface area contributed by atoms with Gasteiger partial charge in [0.05, 0.1) is 38.6 Å². The van der Waals surface area contributed by atoms with Crippen LogP contribution in [0.25, 0.3) is 0 Å². The zero-order chi connectivity index (χ0) is 64.0. The van der Waals surface area contributed by atoms with Crippen molar-refractivity contribution in [2.75, 3.05) is 26.4 Å². The maximum absolute atomic E-state index is 13.3. The topological polar surface area (TPSA) is 307 Å². The van der Waals surface area contributed by atoms with Gasteiger partial charge in [0.15, 0.2) is 18.9 Å². The van der Waals surface area contributed by atoms with Gasteiger partial charge in [-0.25, -0.2) is 0 Å². The van der Waals surface area contributed by atoms with Gasteiger partial charge in [-0.3, -0.25) is 4.79 Å². The number of unbranched alkanes of at least 4 members (excludes halogenated alkanes) is 20. The lowest BCUT2D eigenvalue weighted by molar-refractivity contribution is -0.379. The Balaban J connectivity index is 1.27. The first kappa shape index (κ1) is 79.2. The molecule has 17 atom stereocenters. The van der Waals surface area contributed by atoms with Gasteiger partial charge >= 0.3 is 0 Å². The maximum atomic E-state index is 13.3. The van der Waals surface area contributed by atoms with E-state index < -0.39 is 124 Å². The molecular formula is C69H119NO18. The van der Waals surface area contributed by atoms with Crippen LogP contribution in [-0.4, -0.2) is 193 Å². The van der Waals surface area contributed by atoms with Crippen molar-refractivity contribution in [1.29, 1.82) is 0 Å². The Bertz CT molecular complexity index is 1930. The second kappa shape index (κ2) is 50.5. The molecule has 0 bridgehead atoms. The average Bonchev–Trinajstić information content (AvgIpc) is 0.949. The van der Waals surface area contributed by atoms with Gasteiger partial charge < -0.3 is 89.9 Å². The van der Waals surface area contributed by atoms with Crippen molar-refractivity contribution in [3.05, 3.63) is 85.1 Å². The van der Waals surface area contributed by atoms with Crippen molar-refractivity contribution in [3.8, 4) is 0 Å². The quantitative estimate of drug-likeness (QED) is 0.0201. The van der Waals surface area contributed by atoms with Gasteiger partial charge in [0.25, 0.3) is 0 Å². The monoisotopic (exact) mass is 1250 g/mol. The number of amides is 1. The summed E-state index contributed by atoms with van der Waals surface area (Å²) in [6.45, 7) is 1.58. The van der Waals surface area contributed by atoms with E-state index in [0.29, 0.717) is 12.8 Å². The van der Waals surface area contributed by atoms with E-state index in [9.17, 15) is 61.0 Å². The molecule has 0 aromatic rings. The summed E-state index contributed by atoms with van der Waals surface area (Å²) in [6.07, 6.45) is 37.5. The molecule has 12 N–H and O–H groups in total. The van der Waals surface area contributed by atoms with Crippen molar-refractivity contribution in [3.63, 3.8) is 0 Å². The van der Waals surface area contributed by atoms with Crippen LogP contribution < -0.4 is 5.32 Å². The molecule has 1 amide bonds. The van der Waals surface area contributed by atoms with Gasteiger partial charge in [-0.2, -0.15) is 0 Å². The molecule has 3 fully saturated rings. The second-order valence-corrected chi connectivity index (χ2v) is 23.9. The van der Waals surface area contributed by atoms with E-state index in [2.05, 4.69) is 104 Å². The Morgan fingerprint density at radius 3 is 1.23 bits per heavy atom. The van der Waals surface area contributed by atoms with Crippen molar-refractivity contribution >= 4 is 5.91 Å². The molecule has 0 spiro atoms. The van der Waals surface area contributed by atoms with Crippen molar-refractivity contribution < 1.29 is 89.4 Å². The van der Waals surface area contributed by atoms with Crippen LogP contribution in [0.2, 0.25) is 0 Å². The lowest BCUT2D eigenvalue weighted by Crippen LogP contribution is -2.66. The first-order valence-electron chi connectivity index (χ1n) is 33.8. The number of ether oxygens (including phenoxy) is 6. The molecule has 3 aliphatic rings. The number of carbonyl (C=O) groups is 1. The second-order valence-electron chi connectivity index (χ2n) is 23.9. The minimum atomic E-state index is -1.97. The molecule has 19 nitrogen and oxygen atoms in total. The van der Waals surface area contributed by atoms with Gasteiger partial charge in [-0.15, -0.1) is 0 Å². The summed E-state index contributed by atoms with van der Waals surface area (Å²) in [5.41, 5.74) is 0. The predicted octanol–water partition coefficient (Wildman–Crippen LogP) is 8.32. The lowest BCUT2D eigenvalue weighted by Gasteiger charge is -2.48. The van der Waals surface area contributed by atoms with Crippen LogP contribution in [0.3, 0.4) is 0 Å². The minimum absolute atomic E-state index is 0.252. The Morgan fingerprint density at radius 1 is 0.420 bits per heavy atom. The van der Waals surface area contributed by atoms with E-state index in [-0.39, 0.29) is 18.9 Å². The molecule has 19 heteroatoms. The van der Waals surface area contributed by atoms with Crippen molar-refractivity contribution in [2.24, 2.45) is 0 Å². The SMILES string of the molecule is CC/C=C\C/C=C\C/C=C\C/C=C\C/C=C\C/C=C\C/C=C\CCCCCCCCCCCCCCCCCC(=O)NC(COC1OC(CO)C(OC2OC(CO)C(OC3OC(CO)C(O)C(O)C3O)C(O)C2O)C(O)C1O)C(O)CCCCCCCC. The molecule has 3 aliphatic heterocycles. The number of hydrogen-bond acceptors (Lipinski definition) is 18. The van der Waals surface area contributed by atoms with Crippen LogP contribution in [0.5, 0.6) is 0 Å². The summed E-state index contributed by atoms with van der Waals surface area (Å²) in [7, 11) is 0. The predicted molar refractivity (Wildman–Crippen MR) is 341 cm³/mol. The number of hydrogen-bond donors (Lipinski definition) is 12. The van der Waals surface area contributed by atoms with E-state index in [1.165, 1.54) is 70.6 Å². The fourth-order valence-electron chi connectivity index (χ4n) is 11.0. The van der Waals surface area contributed by atoms with Crippen LogP contribution in [0.15, 0.2) is 85.1 Å². The van der Waals surface area contributed by atoms with Gasteiger partial charge in [0.2, 0.25) is 5.91 Å². The van der Waals surface area contributed by atoms with Crippen LogP contribution in [0, 0.1) is 0 Å². The average molecular weight is 1250 g/mol. The summed E-state index contributed by atoms with van der Waals surface area (Å²) >= 11 is 0. The highest BCUT2D eigenvalue weighted by Crippen LogP contribution is 2.33. The molecule has 0 aromatic carbocycles. The Labute approximate surface area is 527 Å². The summed E-state index contributed by atoms with van der Waals surface area (Å²) in [5, 5.41) is 120. The fourth-order valence-corrected chi connectivity index (χ4v) is 11.0. The number of allylic oxidation sites excluding steroid dienone is 14. The Morgan fingerprint density at radius 2 is 0.784 bits per heavy atom. The normalized spacial score (nSPS) is 28.9. The van der Waals surface area contributed by atoms with Gasteiger partial charge in [-0.1, -0.05) is 221 Å². The molecule has 0 saturated carbocycles. The molecule has 0 radical (unpaired) electrons. The molecule has 88 heavy (non-hydrogen) atoms. The minimum Gasteiger partial charge on any atom is -0.394 e. The molecule has 17 unspecified atom stereocenters. The number of nitrogens with one attached hydrogen (secondary N) is 1. The van der Waals surface area contributed by atoms with Gasteiger partial charge in [-0.05, 0) is 70.6 Å². The number of rotatable bonds is 50. The van der Waals surface area contributed by atoms with Crippen molar-refractivity contribution in [1.82, 2.24) is 5.32 Å². The smallest absolute Gasteiger partial charge is 0.220 e. The van der Waals surface area contributed by atoms with E-state index in [4.69, 9.17) is 28.4 Å². The third kappa shape index (κ3) is 32.5. The van der Waals surface area contributed by atoms with Gasteiger partial charge in [0.1, 0.15) is 73.2 Å². The first-order chi connectivity index (χ1) is 42.8. The molecule has 3 heterocycles. The molecule has 3 rings (SSSR count). The summed E-state index contributed by atoms with van der Waals surface area (Å²) in [6, 6.07) is -0.887. The third-order valence-corrected chi connectivity index (χ3v) is 16.5. The Kier molecular flexibility index (Phi) is 45.5. The molecule has 508 valence electrons. The maximum Gasteiger partial charge on any atom is 0.220 e. The van der Waals surface area contributed by atoms with Crippen LogP contribution in [0.1, 0.15) is 213 Å². The molecular weight excluding hydrogens is 1130 g/mol. The number of carbonyl (C=O) groups excluding carboxylic acids is 1. The van der Waals surface area contributed by atoms with E-state index in [0.717, 1.165) is 109 Å². The van der Waals surface area contributed by atoms with Crippen LogP contribution >= 0.6 is 0 Å². The zero-order valence-corrected chi connectivity index (χ0v) is 53.4. The van der Waals surface area contributed by atoms with E-state index in [1.807, 2.05) is 0 Å². The Hall–Kier alpha value is -3.03. The molecule has 0 aromatic heterocycles.